The number of rotatable bonds is 48. The van der Waals surface area contributed by atoms with E-state index in [0.29, 0.717) is 6.04 Å². The molecule has 0 unspecified atom stereocenters. The van der Waals surface area contributed by atoms with Gasteiger partial charge in [0, 0.05) is 6.04 Å². The highest BCUT2D eigenvalue weighted by Crippen LogP contribution is 2.17. The predicted octanol–water partition coefficient (Wildman–Crippen LogP) is 19.3. The molecule has 340 valence electrons. The lowest BCUT2D eigenvalue weighted by molar-refractivity contribution is 0.314. The van der Waals surface area contributed by atoms with E-state index in [4.69, 9.17) is 5.73 Å². The Balaban J connectivity index is 0. The fourth-order valence-corrected chi connectivity index (χ4v) is 8.49. The van der Waals surface area contributed by atoms with Crippen molar-refractivity contribution in [1.29, 1.82) is 0 Å². The van der Waals surface area contributed by atoms with E-state index in [1.807, 2.05) is 0 Å². The van der Waals surface area contributed by atoms with Gasteiger partial charge in [-0.25, -0.2) is 0 Å². The molecule has 2 nitrogen and oxygen atoms in total. The van der Waals surface area contributed by atoms with Crippen LogP contribution in [0.25, 0.3) is 0 Å². The molecule has 0 aliphatic heterocycles. The first-order valence-electron chi connectivity index (χ1n) is 27.1. The van der Waals surface area contributed by atoms with Crippen LogP contribution in [-0.2, 0) is 0 Å². The van der Waals surface area contributed by atoms with E-state index in [1.54, 1.807) is 0 Å². The second kappa shape index (κ2) is 54.9. The minimum atomic E-state index is 0.470. The van der Waals surface area contributed by atoms with Crippen LogP contribution in [0.3, 0.4) is 0 Å². The number of unbranched alkanes of at least 4 members (excludes halogenated alkanes) is 40. The van der Waals surface area contributed by atoms with Gasteiger partial charge in [-0.3, -0.25) is 0 Å². The second-order valence-corrected chi connectivity index (χ2v) is 18.8. The maximum Gasteiger partial charge on any atom is 0.00388 e. The standard InChI is InChI=1S/C29H61N.C25H53N/c1-4-6-8-10-12-14-16-18-20-22-24-26-28-30(3)29-27-25-23-21-19-17-15-13-11-9-7-5-2;1-3-5-7-9-11-13-15-17-19-21-23-25(26)24-22-20-18-16-14-12-10-8-6-4-2/h4-29H2,1-3H3;25H,3-24,26H2,1-2H3. The second-order valence-electron chi connectivity index (χ2n) is 18.8. The fraction of sp³-hybridized carbons (Fsp3) is 1.00. The molecule has 0 amide bonds. The minimum absolute atomic E-state index is 0.470. The van der Waals surface area contributed by atoms with Gasteiger partial charge in [0.2, 0.25) is 0 Å². The van der Waals surface area contributed by atoms with Crippen molar-refractivity contribution in [3.8, 4) is 0 Å². The summed E-state index contributed by atoms with van der Waals surface area (Å²) in [6.45, 7) is 11.8. The molecule has 2 heteroatoms. The third-order valence-corrected chi connectivity index (χ3v) is 12.6. The van der Waals surface area contributed by atoms with Gasteiger partial charge in [-0.2, -0.15) is 0 Å². The molecule has 0 atom stereocenters. The normalized spacial score (nSPS) is 11.6. The van der Waals surface area contributed by atoms with E-state index in [0.717, 1.165) is 0 Å². The summed E-state index contributed by atoms with van der Waals surface area (Å²) < 4.78 is 0. The molecule has 0 saturated heterocycles. The van der Waals surface area contributed by atoms with Gasteiger partial charge in [0.1, 0.15) is 0 Å². The van der Waals surface area contributed by atoms with E-state index in [1.165, 1.54) is 308 Å². The van der Waals surface area contributed by atoms with Crippen LogP contribution in [0.1, 0.15) is 323 Å². The molecule has 0 saturated carbocycles. The molecular weight excluding hydrogens is 677 g/mol. The SMILES string of the molecule is CCCCCCCCCCCCC(N)CCCCCCCCCCCC.CCCCCCCCCCCCCCN(C)CCCCCCCCCCCCCC. The number of nitrogens with two attached hydrogens (primary N) is 1. The molecule has 0 aromatic rings. The Morgan fingerprint density at radius 2 is 0.411 bits per heavy atom. The fourth-order valence-electron chi connectivity index (χ4n) is 8.49. The monoisotopic (exact) mass is 791 g/mol. The van der Waals surface area contributed by atoms with Gasteiger partial charge in [-0.15, -0.1) is 0 Å². The lowest BCUT2D eigenvalue weighted by Gasteiger charge is -2.16. The van der Waals surface area contributed by atoms with Crippen molar-refractivity contribution < 1.29 is 0 Å². The van der Waals surface area contributed by atoms with Crippen molar-refractivity contribution in [2.45, 2.75) is 329 Å². The topological polar surface area (TPSA) is 29.3 Å². The van der Waals surface area contributed by atoms with E-state index >= 15 is 0 Å². The van der Waals surface area contributed by atoms with Crippen molar-refractivity contribution >= 4 is 0 Å². The van der Waals surface area contributed by atoms with Crippen molar-refractivity contribution in [3.05, 3.63) is 0 Å². The lowest BCUT2D eigenvalue weighted by atomic mass is 10.00. The molecule has 0 aromatic heterocycles. The summed E-state index contributed by atoms with van der Waals surface area (Å²) in [5.41, 5.74) is 6.29. The molecule has 0 spiro atoms. The Morgan fingerprint density at radius 3 is 0.607 bits per heavy atom. The summed E-state index contributed by atoms with van der Waals surface area (Å²) >= 11 is 0. The summed E-state index contributed by atoms with van der Waals surface area (Å²) in [7, 11) is 2.33. The van der Waals surface area contributed by atoms with Gasteiger partial charge in [-0.05, 0) is 45.8 Å². The van der Waals surface area contributed by atoms with Crippen molar-refractivity contribution in [1.82, 2.24) is 4.90 Å². The Kier molecular flexibility index (Phi) is 56.9. The van der Waals surface area contributed by atoms with Gasteiger partial charge >= 0.3 is 0 Å². The highest BCUT2D eigenvalue weighted by Gasteiger charge is 2.03. The van der Waals surface area contributed by atoms with E-state index in [9.17, 15) is 0 Å². The first-order chi connectivity index (χ1) is 27.6. The smallest absolute Gasteiger partial charge is 0.00388 e. The van der Waals surface area contributed by atoms with E-state index in [2.05, 4.69) is 39.6 Å². The van der Waals surface area contributed by atoms with Gasteiger partial charge in [0.25, 0.3) is 0 Å². The molecule has 0 heterocycles. The Labute approximate surface area is 358 Å². The van der Waals surface area contributed by atoms with Crippen molar-refractivity contribution in [3.63, 3.8) is 0 Å². The molecule has 0 fully saturated rings. The van der Waals surface area contributed by atoms with Crippen LogP contribution in [-0.4, -0.2) is 31.1 Å². The Morgan fingerprint density at radius 1 is 0.250 bits per heavy atom. The third-order valence-electron chi connectivity index (χ3n) is 12.6. The molecule has 0 aliphatic carbocycles. The van der Waals surface area contributed by atoms with Crippen LogP contribution in [0.5, 0.6) is 0 Å². The zero-order chi connectivity index (χ0) is 41.1. The molecule has 0 rings (SSSR count). The van der Waals surface area contributed by atoms with Crippen LogP contribution in [0.4, 0.5) is 0 Å². The van der Waals surface area contributed by atoms with Crippen LogP contribution in [0.2, 0.25) is 0 Å². The van der Waals surface area contributed by atoms with Crippen LogP contribution in [0.15, 0.2) is 0 Å². The molecular formula is C54H114N2. The highest BCUT2D eigenvalue weighted by molar-refractivity contribution is 4.62. The predicted molar refractivity (Wildman–Crippen MR) is 261 cm³/mol. The third kappa shape index (κ3) is 56.0. The Bertz CT molecular complexity index is 582. The van der Waals surface area contributed by atoms with Crippen LogP contribution >= 0.6 is 0 Å². The summed E-state index contributed by atoms with van der Waals surface area (Å²) in [6, 6.07) is 0.470. The minimum Gasteiger partial charge on any atom is -0.328 e. The summed E-state index contributed by atoms with van der Waals surface area (Å²) in [5.74, 6) is 0. The summed E-state index contributed by atoms with van der Waals surface area (Å²) in [4.78, 5) is 2.58. The van der Waals surface area contributed by atoms with Crippen LogP contribution < -0.4 is 5.73 Å². The maximum atomic E-state index is 6.29. The highest BCUT2D eigenvalue weighted by atomic mass is 15.1. The Hall–Kier alpha value is -0.0800. The number of nitrogens with zero attached hydrogens (tertiary/aromatic N) is 1. The average Bonchev–Trinajstić information content (AvgIpc) is 3.20. The summed E-state index contributed by atoms with van der Waals surface area (Å²) in [6.07, 6.45) is 65.8. The van der Waals surface area contributed by atoms with Gasteiger partial charge in [-0.1, -0.05) is 297 Å². The molecule has 0 aliphatic rings. The molecule has 56 heavy (non-hydrogen) atoms. The summed E-state index contributed by atoms with van der Waals surface area (Å²) in [5, 5.41) is 0. The molecule has 0 radical (unpaired) electrons. The molecule has 0 aromatic carbocycles. The first kappa shape index (κ1) is 58.0. The largest absolute Gasteiger partial charge is 0.328 e. The quantitative estimate of drug-likeness (QED) is 0.0622. The van der Waals surface area contributed by atoms with E-state index in [-0.39, 0.29) is 0 Å². The van der Waals surface area contributed by atoms with Crippen LogP contribution in [0, 0.1) is 0 Å². The molecule has 0 bridgehead atoms. The lowest BCUT2D eigenvalue weighted by Crippen LogP contribution is -2.20. The van der Waals surface area contributed by atoms with E-state index < -0.39 is 0 Å². The number of hydrogen-bond acceptors (Lipinski definition) is 2. The van der Waals surface area contributed by atoms with Gasteiger partial charge in [0.05, 0.1) is 0 Å². The zero-order valence-corrected chi connectivity index (χ0v) is 40.5. The van der Waals surface area contributed by atoms with Crippen molar-refractivity contribution in [2.24, 2.45) is 5.73 Å². The van der Waals surface area contributed by atoms with Gasteiger partial charge < -0.3 is 10.6 Å². The van der Waals surface area contributed by atoms with Gasteiger partial charge in [0.15, 0.2) is 0 Å². The first-order valence-corrected chi connectivity index (χ1v) is 27.1. The maximum absolute atomic E-state index is 6.29. The molecule has 2 N–H and O–H groups in total. The average molecular weight is 792 g/mol. The van der Waals surface area contributed by atoms with Crippen molar-refractivity contribution in [2.75, 3.05) is 20.1 Å². The zero-order valence-electron chi connectivity index (χ0n) is 40.5. The number of hydrogen-bond donors (Lipinski definition) is 1.